The molecule has 4 rings (SSSR count). The molecule has 1 saturated heterocycles. The molecule has 182 valence electrons. The maximum Gasteiger partial charge on any atom is 0.226 e. The summed E-state index contributed by atoms with van der Waals surface area (Å²) in [5, 5.41) is 2.74. The van der Waals surface area contributed by atoms with Gasteiger partial charge >= 0.3 is 0 Å². The lowest BCUT2D eigenvalue weighted by atomic mass is 9.83. The van der Waals surface area contributed by atoms with E-state index in [4.69, 9.17) is 14.2 Å². The van der Waals surface area contributed by atoms with Crippen LogP contribution < -0.4 is 14.8 Å². The van der Waals surface area contributed by atoms with Crippen LogP contribution in [0.15, 0.2) is 36.4 Å². The van der Waals surface area contributed by atoms with Gasteiger partial charge in [0.25, 0.3) is 0 Å². The van der Waals surface area contributed by atoms with Gasteiger partial charge in [0.15, 0.2) is 11.5 Å². The Morgan fingerprint density at radius 2 is 1.88 bits per heavy atom. The van der Waals surface area contributed by atoms with E-state index in [0.717, 1.165) is 29.5 Å². The number of nitrogens with one attached hydrogen (secondary N) is 1. The Balaban J connectivity index is 1.44. The first-order chi connectivity index (χ1) is 16.5. The quantitative estimate of drug-likeness (QED) is 0.600. The Hall–Kier alpha value is -3.13. The lowest BCUT2D eigenvalue weighted by molar-refractivity contribution is -0.133. The molecule has 1 fully saturated rings. The average molecular weight is 471 g/mol. The van der Waals surface area contributed by atoms with E-state index in [0.29, 0.717) is 44.0 Å². The predicted molar refractivity (Wildman–Crippen MR) is 124 cm³/mol. The molecule has 1 N–H and O–H groups in total. The minimum Gasteiger partial charge on any atom is -0.493 e. The second-order valence-electron chi connectivity index (χ2n) is 8.78. The number of carbonyl (C=O) groups excluding carboxylic acids is 2. The van der Waals surface area contributed by atoms with Crippen LogP contribution in [0.25, 0.3) is 0 Å². The van der Waals surface area contributed by atoms with E-state index >= 15 is 0 Å². The van der Waals surface area contributed by atoms with Crippen LogP contribution in [-0.4, -0.2) is 57.2 Å². The Bertz CT molecular complexity index is 1000. The van der Waals surface area contributed by atoms with Gasteiger partial charge in [-0.15, -0.1) is 0 Å². The van der Waals surface area contributed by atoms with Crippen molar-refractivity contribution in [3.05, 3.63) is 58.9 Å². The number of carbonyl (C=O) groups is 2. The van der Waals surface area contributed by atoms with Gasteiger partial charge in [-0.1, -0.05) is 18.2 Å². The maximum absolute atomic E-state index is 13.1. The molecule has 0 spiro atoms. The van der Waals surface area contributed by atoms with Gasteiger partial charge in [-0.25, -0.2) is 4.39 Å². The molecule has 0 saturated carbocycles. The Morgan fingerprint density at radius 3 is 2.53 bits per heavy atom. The van der Waals surface area contributed by atoms with Gasteiger partial charge in [0, 0.05) is 31.6 Å². The highest BCUT2D eigenvalue weighted by atomic mass is 19.1. The van der Waals surface area contributed by atoms with E-state index in [1.54, 1.807) is 26.4 Å². The van der Waals surface area contributed by atoms with Crippen molar-refractivity contribution in [1.82, 2.24) is 10.2 Å². The Labute approximate surface area is 199 Å². The molecule has 2 aliphatic rings. The van der Waals surface area contributed by atoms with Crippen molar-refractivity contribution in [1.29, 1.82) is 0 Å². The SMILES string of the molecule is COc1ccc2c(c1OC)CC(C1CCN(C(=O)Cc3ccc(F)cc3)CC1)OC2CNC=O. The van der Waals surface area contributed by atoms with E-state index in [1.165, 1.54) is 12.1 Å². The summed E-state index contributed by atoms with van der Waals surface area (Å²) >= 11 is 0. The summed E-state index contributed by atoms with van der Waals surface area (Å²) in [6.07, 6.45) is 2.96. The lowest BCUT2D eigenvalue weighted by Crippen LogP contribution is -2.44. The predicted octanol–water partition coefficient (Wildman–Crippen LogP) is 3.05. The smallest absolute Gasteiger partial charge is 0.226 e. The number of nitrogens with zero attached hydrogens (tertiary/aromatic N) is 1. The van der Waals surface area contributed by atoms with Gasteiger partial charge in [-0.05, 0) is 48.1 Å². The molecule has 2 aromatic rings. The first kappa shape index (κ1) is 24.0. The van der Waals surface area contributed by atoms with Crippen LogP contribution >= 0.6 is 0 Å². The normalized spacial score (nSPS) is 20.4. The van der Waals surface area contributed by atoms with Gasteiger partial charge in [0.05, 0.1) is 26.7 Å². The first-order valence-electron chi connectivity index (χ1n) is 11.6. The molecule has 0 aliphatic carbocycles. The van der Waals surface area contributed by atoms with Gasteiger partial charge in [0.2, 0.25) is 12.3 Å². The largest absolute Gasteiger partial charge is 0.493 e. The topological polar surface area (TPSA) is 77.1 Å². The molecule has 8 heteroatoms. The standard InChI is InChI=1S/C26H31FN2O5/c1-32-22-8-7-20-21(26(22)33-2)14-23(34-24(20)15-28-16-30)18-9-11-29(12-10-18)25(31)13-17-3-5-19(27)6-4-17/h3-8,16,18,23-24H,9-15H2,1-2H3,(H,28,30). The molecule has 2 heterocycles. The molecular formula is C26H31FN2O5. The van der Waals surface area contributed by atoms with Crippen LogP contribution in [0.1, 0.15) is 35.6 Å². The van der Waals surface area contributed by atoms with Crippen LogP contribution in [-0.2, 0) is 27.2 Å². The van der Waals surface area contributed by atoms with Gasteiger partial charge in [0.1, 0.15) is 11.9 Å². The van der Waals surface area contributed by atoms with E-state index in [2.05, 4.69) is 5.32 Å². The fourth-order valence-corrected chi connectivity index (χ4v) is 5.05. The molecule has 2 aromatic carbocycles. The van der Waals surface area contributed by atoms with Gasteiger partial charge in [-0.2, -0.15) is 0 Å². The molecule has 0 bridgehead atoms. The minimum atomic E-state index is -0.304. The number of methoxy groups -OCH3 is 2. The number of halogens is 1. The minimum absolute atomic E-state index is 0.0543. The van der Waals surface area contributed by atoms with E-state index in [1.807, 2.05) is 17.0 Å². The number of benzene rings is 2. The third-order valence-electron chi connectivity index (χ3n) is 6.85. The van der Waals surface area contributed by atoms with Crippen LogP contribution in [0.5, 0.6) is 11.5 Å². The summed E-state index contributed by atoms with van der Waals surface area (Å²) < 4.78 is 30.8. The monoisotopic (exact) mass is 470 g/mol. The number of likely N-dealkylation sites (tertiary alicyclic amines) is 1. The van der Waals surface area contributed by atoms with Crippen molar-refractivity contribution in [3.8, 4) is 11.5 Å². The summed E-state index contributed by atoms with van der Waals surface area (Å²) in [4.78, 5) is 25.6. The highest BCUT2D eigenvalue weighted by molar-refractivity contribution is 5.78. The molecule has 2 aliphatic heterocycles. The zero-order valence-corrected chi connectivity index (χ0v) is 19.6. The van der Waals surface area contributed by atoms with Crippen LogP contribution in [0.4, 0.5) is 4.39 Å². The number of fused-ring (bicyclic) bond motifs is 1. The molecular weight excluding hydrogens is 439 g/mol. The van der Waals surface area contributed by atoms with E-state index < -0.39 is 0 Å². The summed E-state index contributed by atoms with van der Waals surface area (Å²) in [7, 11) is 3.25. The summed E-state index contributed by atoms with van der Waals surface area (Å²) in [5.74, 6) is 1.40. The van der Waals surface area contributed by atoms with Crippen molar-refractivity contribution in [3.63, 3.8) is 0 Å². The molecule has 2 unspecified atom stereocenters. The van der Waals surface area contributed by atoms with Crippen LogP contribution in [0.3, 0.4) is 0 Å². The van der Waals surface area contributed by atoms with E-state index in [9.17, 15) is 14.0 Å². The Kier molecular flexibility index (Phi) is 7.67. The number of rotatable bonds is 8. The fourth-order valence-electron chi connectivity index (χ4n) is 5.05. The highest BCUT2D eigenvalue weighted by Gasteiger charge is 2.37. The number of piperidine rings is 1. The summed E-state index contributed by atoms with van der Waals surface area (Å²) in [6.45, 7) is 1.69. The number of hydrogen-bond donors (Lipinski definition) is 1. The van der Waals surface area contributed by atoms with Crippen LogP contribution in [0, 0.1) is 11.7 Å². The lowest BCUT2D eigenvalue weighted by Gasteiger charge is -2.41. The molecule has 0 aromatic heterocycles. The van der Waals surface area contributed by atoms with E-state index in [-0.39, 0.29) is 36.3 Å². The summed E-state index contributed by atoms with van der Waals surface area (Å²) in [5.41, 5.74) is 2.85. The van der Waals surface area contributed by atoms with Crippen molar-refractivity contribution in [2.24, 2.45) is 5.92 Å². The second kappa shape index (κ2) is 10.9. The third kappa shape index (κ3) is 5.17. The van der Waals surface area contributed by atoms with Crippen molar-refractivity contribution < 1.29 is 28.2 Å². The molecule has 34 heavy (non-hydrogen) atoms. The van der Waals surface area contributed by atoms with Gasteiger partial charge in [-0.3, -0.25) is 9.59 Å². The van der Waals surface area contributed by atoms with Crippen molar-refractivity contribution >= 4 is 12.3 Å². The molecule has 2 atom stereocenters. The number of amides is 2. The second-order valence-corrected chi connectivity index (χ2v) is 8.78. The van der Waals surface area contributed by atoms with Crippen molar-refractivity contribution in [2.45, 2.75) is 37.9 Å². The number of ether oxygens (including phenoxy) is 3. The van der Waals surface area contributed by atoms with Gasteiger partial charge < -0.3 is 24.4 Å². The molecule has 7 nitrogen and oxygen atoms in total. The highest BCUT2D eigenvalue weighted by Crippen LogP contribution is 2.43. The zero-order chi connectivity index (χ0) is 24.1. The van der Waals surface area contributed by atoms with Crippen LogP contribution in [0.2, 0.25) is 0 Å². The molecule has 0 radical (unpaired) electrons. The third-order valence-corrected chi connectivity index (χ3v) is 6.85. The zero-order valence-electron chi connectivity index (χ0n) is 19.6. The maximum atomic E-state index is 13.1. The average Bonchev–Trinajstić information content (AvgIpc) is 2.87. The fraction of sp³-hybridized carbons (Fsp3) is 0.462. The summed E-state index contributed by atoms with van der Waals surface area (Å²) in [6, 6.07) is 9.91. The van der Waals surface area contributed by atoms with Crippen molar-refractivity contribution in [2.75, 3.05) is 33.9 Å². The molecule has 2 amide bonds. The first-order valence-corrected chi connectivity index (χ1v) is 11.6. The Morgan fingerprint density at radius 1 is 1.15 bits per heavy atom. The number of hydrogen-bond acceptors (Lipinski definition) is 5.